The molecular formula is C25H17Cl2FN8O3. The number of imidazole rings is 1. The van der Waals surface area contributed by atoms with E-state index in [4.69, 9.17) is 28.3 Å². The van der Waals surface area contributed by atoms with E-state index in [1.54, 1.807) is 22.8 Å². The molecule has 0 bridgehead atoms. The highest BCUT2D eigenvalue weighted by molar-refractivity contribution is 6.32. The van der Waals surface area contributed by atoms with E-state index in [9.17, 15) is 14.0 Å². The van der Waals surface area contributed by atoms with Gasteiger partial charge in [0.15, 0.2) is 0 Å². The minimum absolute atomic E-state index is 0.173. The Morgan fingerprint density at radius 2 is 1.97 bits per heavy atom. The lowest BCUT2D eigenvalue weighted by Crippen LogP contribution is -2.24. The zero-order valence-corrected chi connectivity index (χ0v) is 21.3. The van der Waals surface area contributed by atoms with Gasteiger partial charge in [-0.15, -0.1) is 5.10 Å². The van der Waals surface area contributed by atoms with Crippen LogP contribution in [0.5, 0.6) is 0 Å². The number of aryl methyl sites for hydroxylation is 1. The zero-order valence-electron chi connectivity index (χ0n) is 19.8. The Morgan fingerprint density at radius 1 is 1.13 bits per heavy atom. The van der Waals surface area contributed by atoms with Gasteiger partial charge in [-0.05, 0) is 65.2 Å². The molecule has 11 nitrogen and oxygen atoms in total. The second-order valence-corrected chi connectivity index (χ2v) is 9.64. The predicted octanol–water partition coefficient (Wildman–Crippen LogP) is 4.95. The molecule has 2 aromatic carbocycles. The fourth-order valence-electron chi connectivity index (χ4n) is 4.82. The number of aromatic amines is 1. The third kappa shape index (κ3) is 4.53. The Bertz CT molecular complexity index is 1800. The molecular weight excluding hydrogens is 550 g/mol. The molecule has 0 aliphatic carbocycles. The summed E-state index contributed by atoms with van der Waals surface area (Å²) in [5.41, 5.74) is 3.05. The van der Waals surface area contributed by atoms with Crippen molar-refractivity contribution in [2.75, 3.05) is 5.32 Å². The SMILES string of the molecule is O=C(O)Nc1ccc(-c2nc(C3CCc4cc(-c5cc(Cl)ccc5-n5cnnn5)cc(=O)n43)[nH]c2Cl)cc1F. The van der Waals surface area contributed by atoms with E-state index in [0.717, 1.165) is 11.8 Å². The van der Waals surface area contributed by atoms with Crippen molar-refractivity contribution >= 4 is 35.0 Å². The first kappa shape index (κ1) is 24.8. The standard InChI is InChI=1S/C25H17Cl2FN8O3/c26-14-2-5-19(35-11-29-33-34-35)16(10-14)13-7-15-3-6-20(36(15)21(37)9-13)24-31-22(23(27)32-24)12-1-4-18(17(28)8-12)30-25(38)39/h1-2,4-5,7-11,20,30H,3,6H2,(H,31,32)(H,38,39). The average Bonchev–Trinajstić information content (AvgIpc) is 3.65. The third-order valence-corrected chi connectivity index (χ3v) is 6.99. The van der Waals surface area contributed by atoms with Crippen LogP contribution in [0.3, 0.4) is 0 Å². The largest absolute Gasteiger partial charge is 0.465 e. The van der Waals surface area contributed by atoms with E-state index in [-0.39, 0.29) is 22.1 Å². The van der Waals surface area contributed by atoms with Gasteiger partial charge in [0.05, 0.1) is 17.4 Å². The summed E-state index contributed by atoms with van der Waals surface area (Å²) in [6.45, 7) is 0. The Hall–Kier alpha value is -4.55. The first-order valence-corrected chi connectivity index (χ1v) is 12.4. The number of H-pyrrole nitrogens is 1. The van der Waals surface area contributed by atoms with Crippen LogP contribution in [-0.4, -0.2) is 45.9 Å². The maximum atomic E-state index is 14.4. The summed E-state index contributed by atoms with van der Waals surface area (Å²) in [4.78, 5) is 31.8. The molecule has 0 fully saturated rings. The summed E-state index contributed by atoms with van der Waals surface area (Å²) in [5.74, 6) is -0.318. The normalized spacial score (nSPS) is 14.4. The van der Waals surface area contributed by atoms with Gasteiger partial charge in [-0.3, -0.25) is 10.1 Å². The fourth-order valence-corrected chi connectivity index (χ4v) is 5.24. The predicted molar refractivity (Wildman–Crippen MR) is 141 cm³/mol. The highest BCUT2D eigenvalue weighted by atomic mass is 35.5. The second-order valence-electron chi connectivity index (χ2n) is 8.82. The molecule has 5 aromatic rings. The first-order valence-electron chi connectivity index (χ1n) is 11.6. The topological polar surface area (TPSA) is 144 Å². The molecule has 0 saturated heterocycles. The molecule has 6 rings (SSSR count). The number of benzene rings is 2. The molecule has 0 saturated carbocycles. The number of nitrogens with zero attached hydrogens (tertiary/aromatic N) is 6. The van der Waals surface area contributed by atoms with Crippen LogP contribution in [0.2, 0.25) is 10.2 Å². The Labute approximate surface area is 228 Å². The van der Waals surface area contributed by atoms with Crippen molar-refractivity contribution < 1.29 is 14.3 Å². The van der Waals surface area contributed by atoms with Crippen LogP contribution in [0.4, 0.5) is 14.9 Å². The number of carboxylic acid groups (broad SMARTS) is 1. The molecule has 14 heteroatoms. The van der Waals surface area contributed by atoms with Crippen molar-refractivity contribution in [2.45, 2.75) is 18.9 Å². The number of hydrogen-bond donors (Lipinski definition) is 3. The van der Waals surface area contributed by atoms with Gasteiger partial charge in [0.1, 0.15) is 28.8 Å². The lowest BCUT2D eigenvalue weighted by atomic mass is 10.0. The van der Waals surface area contributed by atoms with Crippen molar-refractivity contribution in [3.05, 3.63) is 92.7 Å². The van der Waals surface area contributed by atoms with E-state index >= 15 is 0 Å². The molecule has 1 aliphatic heterocycles. The number of anilines is 1. The summed E-state index contributed by atoms with van der Waals surface area (Å²) in [5, 5.41) is 22.8. The van der Waals surface area contributed by atoms with Gasteiger partial charge in [-0.25, -0.2) is 14.2 Å². The number of aromatic nitrogens is 7. The number of tetrazole rings is 1. The van der Waals surface area contributed by atoms with Gasteiger partial charge < -0.3 is 14.7 Å². The summed E-state index contributed by atoms with van der Waals surface area (Å²) >= 11 is 12.7. The number of carbonyl (C=O) groups is 1. The fraction of sp³-hybridized carbons (Fsp3) is 0.120. The molecule has 196 valence electrons. The monoisotopic (exact) mass is 566 g/mol. The van der Waals surface area contributed by atoms with Crippen molar-refractivity contribution in [1.82, 2.24) is 34.7 Å². The van der Waals surface area contributed by atoms with Gasteiger partial charge in [0.25, 0.3) is 5.56 Å². The summed E-state index contributed by atoms with van der Waals surface area (Å²) in [6, 6.07) is 12.2. The third-order valence-electron chi connectivity index (χ3n) is 6.48. The van der Waals surface area contributed by atoms with Crippen LogP contribution < -0.4 is 10.9 Å². The van der Waals surface area contributed by atoms with Crippen LogP contribution in [-0.2, 0) is 6.42 Å². The highest BCUT2D eigenvalue weighted by Gasteiger charge is 2.29. The Balaban J connectivity index is 1.36. The molecule has 0 radical (unpaired) electrons. The van der Waals surface area contributed by atoms with E-state index in [1.165, 1.54) is 29.2 Å². The zero-order chi connectivity index (χ0) is 27.3. The van der Waals surface area contributed by atoms with E-state index in [2.05, 4.69) is 25.5 Å². The number of rotatable bonds is 5. The van der Waals surface area contributed by atoms with E-state index < -0.39 is 18.0 Å². The molecule has 0 spiro atoms. The number of amides is 1. The van der Waals surface area contributed by atoms with Gasteiger partial charge in [0, 0.05) is 27.9 Å². The quantitative estimate of drug-likeness (QED) is 0.273. The molecule has 3 N–H and O–H groups in total. The lowest BCUT2D eigenvalue weighted by Gasteiger charge is -2.15. The molecule has 1 amide bonds. The second kappa shape index (κ2) is 9.64. The Morgan fingerprint density at radius 3 is 2.72 bits per heavy atom. The van der Waals surface area contributed by atoms with E-state index in [1.807, 2.05) is 11.4 Å². The molecule has 4 heterocycles. The van der Waals surface area contributed by atoms with Crippen LogP contribution in [0, 0.1) is 5.82 Å². The lowest BCUT2D eigenvalue weighted by molar-refractivity contribution is 0.209. The molecule has 39 heavy (non-hydrogen) atoms. The minimum Gasteiger partial charge on any atom is -0.465 e. The summed E-state index contributed by atoms with van der Waals surface area (Å²) in [7, 11) is 0. The number of pyridine rings is 1. The number of nitrogens with one attached hydrogen (secondary N) is 2. The minimum atomic E-state index is -1.38. The maximum Gasteiger partial charge on any atom is 0.409 e. The van der Waals surface area contributed by atoms with Crippen molar-refractivity contribution in [3.8, 4) is 28.1 Å². The summed E-state index contributed by atoms with van der Waals surface area (Å²) in [6.07, 6.45) is 1.28. The van der Waals surface area contributed by atoms with E-state index in [0.29, 0.717) is 46.1 Å². The molecule has 1 aliphatic rings. The van der Waals surface area contributed by atoms with Crippen LogP contribution in [0.25, 0.3) is 28.1 Å². The Kier molecular flexibility index (Phi) is 6.12. The van der Waals surface area contributed by atoms with Crippen molar-refractivity contribution in [3.63, 3.8) is 0 Å². The van der Waals surface area contributed by atoms with Crippen molar-refractivity contribution in [1.29, 1.82) is 0 Å². The van der Waals surface area contributed by atoms with Gasteiger partial charge >= 0.3 is 6.09 Å². The van der Waals surface area contributed by atoms with Gasteiger partial charge in [0.2, 0.25) is 0 Å². The smallest absolute Gasteiger partial charge is 0.409 e. The van der Waals surface area contributed by atoms with Crippen LogP contribution in [0.15, 0.2) is 59.7 Å². The highest BCUT2D eigenvalue weighted by Crippen LogP contribution is 2.36. The number of fused-ring (bicyclic) bond motifs is 1. The first-order chi connectivity index (χ1) is 18.8. The summed E-state index contributed by atoms with van der Waals surface area (Å²) < 4.78 is 17.6. The van der Waals surface area contributed by atoms with Gasteiger partial charge in [-0.1, -0.05) is 29.3 Å². The van der Waals surface area contributed by atoms with Gasteiger partial charge in [-0.2, -0.15) is 4.68 Å². The molecule has 3 aromatic heterocycles. The molecule has 1 unspecified atom stereocenters. The van der Waals surface area contributed by atoms with Crippen LogP contribution >= 0.6 is 23.2 Å². The number of halogens is 3. The number of hydrogen-bond acceptors (Lipinski definition) is 6. The average molecular weight is 567 g/mol. The van der Waals surface area contributed by atoms with Crippen molar-refractivity contribution in [2.24, 2.45) is 0 Å². The van der Waals surface area contributed by atoms with Crippen LogP contribution in [0.1, 0.15) is 24.0 Å². The molecule has 1 atom stereocenters. The maximum absolute atomic E-state index is 14.4.